The number of aromatic hydroxyl groups is 1. The van der Waals surface area contributed by atoms with E-state index in [1.807, 2.05) is 26.0 Å². The van der Waals surface area contributed by atoms with Gasteiger partial charge in [0.1, 0.15) is 11.6 Å². The maximum atomic E-state index is 9.68. The Kier molecular flexibility index (Phi) is 4.08. The van der Waals surface area contributed by atoms with Gasteiger partial charge in [0.25, 0.3) is 0 Å². The quantitative estimate of drug-likeness (QED) is 0.576. The van der Waals surface area contributed by atoms with Crippen molar-refractivity contribution < 1.29 is 5.11 Å². The van der Waals surface area contributed by atoms with E-state index in [0.717, 1.165) is 23.1 Å². The number of benzene rings is 1. The van der Waals surface area contributed by atoms with Gasteiger partial charge < -0.3 is 15.7 Å². The van der Waals surface area contributed by atoms with Crippen molar-refractivity contribution in [2.75, 3.05) is 18.0 Å². The molecule has 0 amide bonds. The molecule has 1 aromatic heterocycles. The number of hydrogen-bond donors (Lipinski definition) is 3. The van der Waals surface area contributed by atoms with Crippen molar-refractivity contribution in [1.29, 1.82) is 5.41 Å². The van der Waals surface area contributed by atoms with Crippen molar-refractivity contribution in [3.8, 4) is 5.75 Å². The van der Waals surface area contributed by atoms with Gasteiger partial charge in [-0.05, 0) is 30.5 Å². The van der Waals surface area contributed by atoms with Crippen LogP contribution < -0.4 is 10.6 Å². The van der Waals surface area contributed by atoms with E-state index in [1.54, 1.807) is 18.3 Å². The lowest BCUT2D eigenvalue weighted by atomic mass is 10.1. The molecular formula is C15H20N4O. The molecule has 1 heterocycles. The Bertz CT molecular complexity index is 626. The van der Waals surface area contributed by atoms with Crippen LogP contribution in [0.1, 0.15) is 13.8 Å². The fourth-order valence-corrected chi connectivity index (χ4v) is 2.19. The summed E-state index contributed by atoms with van der Waals surface area (Å²) in [7, 11) is 0. The first-order chi connectivity index (χ1) is 9.52. The van der Waals surface area contributed by atoms with Gasteiger partial charge in [0.2, 0.25) is 0 Å². The Hall–Kier alpha value is -2.30. The number of fused-ring (bicyclic) bond motifs is 1. The summed E-state index contributed by atoms with van der Waals surface area (Å²) in [5, 5.41) is 19.1. The first-order valence-electron chi connectivity index (χ1n) is 6.69. The number of pyridine rings is 1. The summed E-state index contributed by atoms with van der Waals surface area (Å²) in [5.74, 6) is 1.17. The Labute approximate surface area is 118 Å². The zero-order chi connectivity index (χ0) is 14.7. The highest BCUT2D eigenvalue weighted by Crippen LogP contribution is 2.28. The number of nitrogens with two attached hydrogens (primary N) is 1. The van der Waals surface area contributed by atoms with E-state index in [4.69, 9.17) is 11.1 Å². The predicted molar refractivity (Wildman–Crippen MR) is 82.4 cm³/mol. The first-order valence-corrected chi connectivity index (χ1v) is 6.69. The zero-order valence-electron chi connectivity index (χ0n) is 11.8. The van der Waals surface area contributed by atoms with Gasteiger partial charge in [-0.15, -0.1) is 0 Å². The molecule has 2 rings (SSSR count). The molecule has 1 aromatic carbocycles. The van der Waals surface area contributed by atoms with Crippen molar-refractivity contribution in [3.63, 3.8) is 0 Å². The highest BCUT2D eigenvalue weighted by Gasteiger charge is 2.15. The van der Waals surface area contributed by atoms with Crippen LogP contribution in [-0.4, -0.2) is 29.0 Å². The molecule has 5 nitrogen and oxygen atoms in total. The Morgan fingerprint density at radius 3 is 2.85 bits per heavy atom. The van der Waals surface area contributed by atoms with E-state index < -0.39 is 0 Å². The van der Waals surface area contributed by atoms with Crippen molar-refractivity contribution in [3.05, 3.63) is 30.5 Å². The van der Waals surface area contributed by atoms with Crippen LogP contribution in [0.4, 0.5) is 5.82 Å². The Morgan fingerprint density at radius 1 is 1.45 bits per heavy atom. The number of phenols is 1. The summed E-state index contributed by atoms with van der Waals surface area (Å²) >= 11 is 0. The van der Waals surface area contributed by atoms with Crippen molar-refractivity contribution >= 4 is 22.4 Å². The third-order valence-electron chi connectivity index (χ3n) is 3.44. The molecule has 0 fully saturated rings. The molecular weight excluding hydrogens is 252 g/mol. The number of rotatable bonds is 5. The number of aromatic nitrogens is 1. The molecule has 0 radical (unpaired) electrons. The lowest BCUT2D eigenvalue weighted by Gasteiger charge is -2.26. The van der Waals surface area contributed by atoms with Gasteiger partial charge >= 0.3 is 0 Å². The molecule has 0 saturated carbocycles. The van der Waals surface area contributed by atoms with Crippen LogP contribution in [0.2, 0.25) is 0 Å². The Morgan fingerprint density at radius 2 is 2.20 bits per heavy atom. The van der Waals surface area contributed by atoms with Crippen molar-refractivity contribution in [2.24, 2.45) is 11.7 Å². The summed E-state index contributed by atoms with van der Waals surface area (Å²) in [6, 6.07) is 7.18. The maximum absolute atomic E-state index is 9.68. The average Bonchev–Trinajstić information content (AvgIpc) is 2.43. The van der Waals surface area contributed by atoms with E-state index in [2.05, 4.69) is 9.88 Å². The van der Waals surface area contributed by atoms with Crippen LogP contribution in [0.3, 0.4) is 0 Å². The zero-order valence-corrected chi connectivity index (χ0v) is 11.8. The number of nitrogens with zero attached hydrogens (tertiary/aromatic N) is 2. The monoisotopic (exact) mass is 272 g/mol. The van der Waals surface area contributed by atoms with Crippen molar-refractivity contribution in [2.45, 2.75) is 13.8 Å². The molecule has 0 aliphatic rings. The number of nitrogens with one attached hydrogen (secondary N) is 1. The van der Waals surface area contributed by atoms with Crippen LogP contribution in [0.25, 0.3) is 10.8 Å². The Balaban J connectivity index is 2.43. The van der Waals surface area contributed by atoms with E-state index >= 15 is 0 Å². The first kappa shape index (κ1) is 14.1. The smallest absolute Gasteiger partial charge is 0.136 e. The predicted octanol–water partition coefficient (Wildman–Crippen LogP) is 2.34. The average molecular weight is 272 g/mol. The highest BCUT2D eigenvalue weighted by atomic mass is 16.3. The summed E-state index contributed by atoms with van der Waals surface area (Å²) < 4.78 is 0. The molecule has 0 spiro atoms. The van der Waals surface area contributed by atoms with E-state index in [9.17, 15) is 5.11 Å². The van der Waals surface area contributed by atoms with Crippen LogP contribution in [-0.2, 0) is 0 Å². The minimum Gasteiger partial charge on any atom is -0.508 e. The minimum atomic E-state index is -0.0377. The maximum Gasteiger partial charge on any atom is 0.136 e. The molecule has 1 unspecified atom stereocenters. The van der Waals surface area contributed by atoms with Crippen molar-refractivity contribution in [1.82, 2.24) is 4.98 Å². The van der Waals surface area contributed by atoms with Gasteiger partial charge in [-0.25, -0.2) is 4.98 Å². The lowest BCUT2D eigenvalue weighted by Crippen LogP contribution is -2.35. The second-order valence-corrected chi connectivity index (χ2v) is 4.94. The lowest BCUT2D eigenvalue weighted by molar-refractivity contribution is 0.476. The molecule has 106 valence electrons. The minimum absolute atomic E-state index is 0.0377. The van der Waals surface area contributed by atoms with Crippen LogP contribution in [0.15, 0.2) is 30.5 Å². The summed E-state index contributed by atoms with van der Waals surface area (Å²) in [5.41, 5.74) is 5.55. The van der Waals surface area contributed by atoms with Crippen LogP contribution >= 0.6 is 0 Å². The largest absolute Gasteiger partial charge is 0.508 e. The summed E-state index contributed by atoms with van der Waals surface area (Å²) in [6.07, 6.45) is 1.76. The van der Waals surface area contributed by atoms with E-state index in [1.165, 1.54) is 0 Å². The summed E-state index contributed by atoms with van der Waals surface area (Å²) in [6.45, 7) is 5.36. The highest BCUT2D eigenvalue weighted by molar-refractivity contribution is 5.93. The molecule has 0 saturated heterocycles. The van der Waals surface area contributed by atoms with E-state index in [-0.39, 0.29) is 17.5 Å². The van der Waals surface area contributed by atoms with Gasteiger partial charge in [-0.1, -0.05) is 13.0 Å². The number of amidine groups is 1. The summed E-state index contributed by atoms with van der Waals surface area (Å²) in [4.78, 5) is 6.51. The van der Waals surface area contributed by atoms with E-state index in [0.29, 0.717) is 6.54 Å². The molecule has 0 aliphatic carbocycles. The molecule has 4 N–H and O–H groups in total. The number of hydrogen-bond acceptors (Lipinski definition) is 4. The third kappa shape index (κ3) is 2.82. The van der Waals surface area contributed by atoms with Crippen LogP contribution in [0.5, 0.6) is 5.75 Å². The number of anilines is 1. The molecule has 0 bridgehead atoms. The second kappa shape index (κ2) is 5.77. The molecule has 0 aliphatic heterocycles. The fourth-order valence-electron chi connectivity index (χ4n) is 2.19. The third-order valence-corrected chi connectivity index (χ3v) is 3.44. The molecule has 2 aromatic rings. The normalized spacial score (nSPS) is 12.3. The standard InChI is InChI=1S/C15H20N4O/c1-3-19(9-10(2)14(16)17)15-13-8-12(20)5-4-11(13)6-7-18-15/h4-8,10,20H,3,9H2,1-2H3,(H3,16,17). The van der Waals surface area contributed by atoms with Gasteiger partial charge in [0, 0.05) is 30.6 Å². The van der Waals surface area contributed by atoms with Gasteiger partial charge in [0.15, 0.2) is 0 Å². The van der Waals surface area contributed by atoms with Gasteiger partial charge in [-0.2, -0.15) is 0 Å². The fraction of sp³-hybridized carbons (Fsp3) is 0.333. The van der Waals surface area contributed by atoms with Gasteiger partial charge in [-0.3, -0.25) is 5.41 Å². The van der Waals surface area contributed by atoms with Gasteiger partial charge in [0.05, 0.1) is 5.84 Å². The molecule has 20 heavy (non-hydrogen) atoms. The molecule has 5 heteroatoms. The second-order valence-electron chi connectivity index (χ2n) is 4.94. The topological polar surface area (TPSA) is 86.2 Å². The van der Waals surface area contributed by atoms with Crippen LogP contribution in [0, 0.1) is 11.3 Å². The SMILES string of the molecule is CCN(CC(C)C(=N)N)c1nccc2ccc(O)cc12. The number of phenolic OH excluding ortho intramolecular Hbond substituents is 1. The molecule has 1 atom stereocenters.